The van der Waals surface area contributed by atoms with Gasteiger partial charge in [0.15, 0.2) is 5.13 Å². The Labute approximate surface area is 129 Å². The van der Waals surface area contributed by atoms with Gasteiger partial charge in [-0.2, -0.15) is 0 Å². The van der Waals surface area contributed by atoms with Gasteiger partial charge >= 0.3 is 5.97 Å². The number of rotatable bonds is 6. The van der Waals surface area contributed by atoms with Crippen molar-refractivity contribution in [3.05, 3.63) is 11.1 Å². The molecule has 1 aliphatic rings. The second-order valence-corrected chi connectivity index (χ2v) is 5.72. The van der Waals surface area contributed by atoms with E-state index < -0.39 is 0 Å². The largest absolute Gasteiger partial charge is 0.469 e. The highest BCUT2D eigenvalue weighted by Crippen LogP contribution is 2.30. The molecule has 1 atom stereocenters. The fraction of sp³-hybridized carbons (Fsp3) is 0.692. The molecule has 0 bridgehead atoms. The smallest absolute Gasteiger partial charge is 0.305 e. The Hall–Kier alpha value is -0.850. The van der Waals surface area contributed by atoms with Crippen LogP contribution in [0.3, 0.4) is 0 Å². The molecule has 0 unspecified atom stereocenters. The summed E-state index contributed by atoms with van der Waals surface area (Å²) in [7, 11) is 3.15. The molecule has 0 aromatic carbocycles. The van der Waals surface area contributed by atoms with Crippen LogP contribution in [0, 0.1) is 0 Å². The lowest BCUT2D eigenvalue weighted by Crippen LogP contribution is -2.32. The number of carbonyl (C=O) groups excluding carboxylic acids is 1. The van der Waals surface area contributed by atoms with Crippen LogP contribution in [0.2, 0.25) is 0 Å². The average Bonchev–Trinajstić information content (AvgIpc) is 3.04. The van der Waals surface area contributed by atoms with Gasteiger partial charge in [0.05, 0.1) is 26.2 Å². The highest BCUT2D eigenvalue weighted by molar-refractivity contribution is 7.15. The molecule has 114 valence electrons. The number of hydrogen-bond donors (Lipinski definition) is 0. The lowest BCUT2D eigenvalue weighted by molar-refractivity contribution is -0.140. The fourth-order valence-corrected chi connectivity index (χ4v) is 3.33. The Balaban J connectivity index is 0.00000200. The third kappa shape index (κ3) is 4.33. The third-order valence-electron chi connectivity index (χ3n) is 3.33. The van der Waals surface area contributed by atoms with Crippen molar-refractivity contribution in [1.82, 2.24) is 4.98 Å². The number of hydrogen-bond acceptors (Lipinski definition) is 6. The van der Waals surface area contributed by atoms with Crippen molar-refractivity contribution in [3.63, 3.8) is 0 Å². The summed E-state index contributed by atoms with van der Waals surface area (Å²) in [6, 6.07) is 0.435. The molecular weight excluding hydrogens is 300 g/mol. The van der Waals surface area contributed by atoms with Crippen LogP contribution in [0.1, 0.15) is 24.1 Å². The Bertz CT molecular complexity index is 428. The predicted octanol–water partition coefficient (Wildman–Crippen LogP) is 2.29. The minimum Gasteiger partial charge on any atom is -0.469 e. The first kappa shape index (κ1) is 17.2. The molecule has 5 nitrogen and oxygen atoms in total. The number of ether oxygens (including phenoxy) is 2. The molecule has 1 aromatic heterocycles. The summed E-state index contributed by atoms with van der Waals surface area (Å²) in [5.74, 6) is -0.173. The third-order valence-corrected chi connectivity index (χ3v) is 4.42. The predicted molar refractivity (Wildman–Crippen MR) is 81.9 cm³/mol. The molecule has 7 heteroatoms. The van der Waals surface area contributed by atoms with Gasteiger partial charge in [-0.1, -0.05) is 0 Å². The van der Waals surface area contributed by atoms with E-state index in [-0.39, 0.29) is 18.4 Å². The number of nitrogens with zero attached hydrogens (tertiary/aromatic N) is 2. The van der Waals surface area contributed by atoms with E-state index in [4.69, 9.17) is 4.74 Å². The van der Waals surface area contributed by atoms with E-state index in [1.54, 1.807) is 18.4 Å². The number of aromatic nitrogens is 1. The van der Waals surface area contributed by atoms with E-state index in [1.807, 2.05) is 6.20 Å². The molecule has 1 saturated heterocycles. The van der Waals surface area contributed by atoms with E-state index >= 15 is 0 Å². The summed E-state index contributed by atoms with van der Waals surface area (Å²) in [6.45, 7) is 1.79. The normalized spacial score (nSPS) is 17.9. The number of halogens is 1. The molecule has 0 N–H and O–H groups in total. The van der Waals surface area contributed by atoms with Crippen LogP contribution in [-0.4, -0.2) is 44.4 Å². The van der Waals surface area contributed by atoms with Crippen molar-refractivity contribution < 1.29 is 14.3 Å². The van der Waals surface area contributed by atoms with Crippen molar-refractivity contribution in [2.75, 3.05) is 32.3 Å². The van der Waals surface area contributed by atoms with Gasteiger partial charge in [0.2, 0.25) is 0 Å². The van der Waals surface area contributed by atoms with Crippen molar-refractivity contribution in [1.29, 1.82) is 0 Å². The molecule has 0 saturated carbocycles. The molecule has 0 radical (unpaired) electrons. The fourth-order valence-electron chi connectivity index (χ4n) is 2.33. The minimum atomic E-state index is -0.173. The summed E-state index contributed by atoms with van der Waals surface area (Å²) in [6.07, 6.45) is 5.33. The number of esters is 1. The molecule has 2 rings (SSSR count). The summed E-state index contributed by atoms with van der Waals surface area (Å²) in [5.41, 5.74) is 0. The summed E-state index contributed by atoms with van der Waals surface area (Å²) in [5, 5.41) is 1.04. The Morgan fingerprint density at radius 3 is 3.05 bits per heavy atom. The Morgan fingerprint density at radius 2 is 2.35 bits per heavy atom. The van der Waals surface area contributed by atoms with Crippen molar-refractivity contribution in [2.24, 2.45) is 0 Å². The van der Waals surface area contributed by atoms with Gasteiger partial charge in [0.25, 0.3) is 0 Å². The molecule has 1 aliphatic heterocycles. The molecule has 1 aromatic rings. The van der Waals surface area contributed by atoms with Crippen LogP contribution in [-0.2, 0) is 20.7 Å². The zero-order chi connectivity index (χ0) is 13.7. The second kappa shape index (κ2) is 8.44. The monoisotopic (exact) mass is 320 g/mol. The second-order valence-electron chi connectivity index (χ2n) is 4.63. The van der Waals surface area contributed by atoms with Gasteiger partial charge in [-0.25, -0.2) is 4.98 Å². The maximum atomic E-state index is 11.1. The standard InChI is InChI=1S/C13H20N2O3S.ClH/c1-17-9-10-4-3-7-15(10)13-14-8-11(19-13)5-6-12(16)18-2;/h8,10H,3-7,9H2,1-2H3;1H/t10-;/m0./s1. The van der Waals surface area contributed by atoms with Crippen molar-refractivity contribution in [2.45, 2.75) is 31.7 Å². The highest BCUT2D eigenvalue weighted by atomic mass is 35.5. The van der Waals surface area contributed by atoms with E-state index in [0.717, 1.165) is 29.6 Å². The number of aryl methyl sites for hydroxylation is 1. The van der Waals surface area contributed by atoms with Crippen molar-refractivity contribution in [3.8, 4) is 0 Å². The van der Waals surface area contributed by atoms with Crippen LogP contribution >= 0.6 is 23.7 Å². The quantitative estimate of drug-likeness (QED) is 0.753. The lowest BCUT2D eigenvalue weighted by atomic mass is 10.2. The first-order valence-corrected chi connectivity index (χ1v) is 7.33. The lowest BCUT2D eigenvalue weighted by Gasteiger charge is -2.23. The molecule has 0 aliphatic carbocycles. The topological polar surface area (TPSA) is 51.7 Å². The minimum absolute atomic E-state index is 0. The number of thiazole rings is 1. The highest BCUT2D eigenvalue weighted by Gasteiger charge is 2.26. The van der Waals surface area contributed by atoms with Gasteiger partial charge < -0.3 is 14.4 Å². The van der Waals surface area contributed by atoms with Crippen LogP contribution in [0.15, 0.2) is 6.20 Å². The van der Waals surface area contributed by atoms with E-state index in [9.17, 15) is 4.79 Å². The van der Waals surface area contributed by atoms with E-state index in [0.29, 0.717) is 18.9 Å². The zero-order valence-corrected chi connectivity index (χ0v) is 13.5. The Kier molecular flexibility index (Phi) is 7.26. The van der Waals surface area contributed by atoms with Gasteiger partial charge in [0, 0.05) is 24.7 Å². The van der Waals surface area contributed by atoms with E-state index in [2.05, 4.69) is 14.6 Å². The number of anilines is 1. The van der Waals surface area contributed by atoms with Gasteiger partial charge in [-0.15, -0.1) is 23.7 Å². The van der Waals surface area contributed by atoms with Crippen LogP contribution in [0.5, 0.6) is 0 Å². The number of methoxy groups -OCH3 is 2. The van der Waals surface area contributed by atoms with E-state index in [1.165, 1.54) is 13.5 Å². The SMILES string of the molecule is COC[C@@H]1CCCN1c1ncc(CCC(=O)OC)s1.Cl. The van der Waals surface area contributed by atoms with Gasteiger partial charge in [-0.05, 0) is 19.3 Å². The Morgan fingerprint density at radius 1 is 1.55 bits per heavy atom. The molecular formula is C13H21ClN2O3S. The average molecular weight is 321 g/mol. The maximum absolute atomic E-state index is 11.1. The first-order chi connectivity index (χ1) is 9.24. The summed E-state index contributed by atoms with van der Waals surface area (Å²) < 4.78 is 9.90. The molecule has 20 heavy (non-hydrogen) atoms. The zero-order valence-electron chi connectivity index (χ0n) is 11.8. The maximum Gasteiger partial charge on any atom is 0.305 e. The summed E-state index contributed by atoms with van der Waals surface area (Å²) in [4.78, 5) is 19.0. The number of carbonyl (C=O) groups is 1. The van der Waals surface area contributed by atoms with Crippen molar-refractivity contribution >= 4 is 34.8 Å². The first-order valence-electron chi connectivity index (χ1n) is 6.51. The van der Waals surface area contributed by atoms with Crippen LogP contribution in [0.25, 0.3) is 0 Å². The molecule has 0 amide bonds. The summed E-state index contributed by atoms with van der Waals surface area (Å²) >= 11 is 1.66. The van der Waals surface area contributed by atoms with Crippen LogP contribution < -0.4 is 4.90 Å². The van der Waals surface area contributed by atoms with Gasteiger partial charge in [-0.3, -0.25) is 4.79 Å². The van der Waals surface area contributed by atoms with Crippen LogP contribution in [0.4, 0.5) is 5.13 Å². The molecule has 2 heterocycles. The van der Waals surface area contributed by atoms with Gasteiger partial charge in [0.1, 0.15) is 0 Å². The molecule has 0 spiro atoms. The molecule has 1 fully saturated rings.